The van der Waals surface area contributed by atoms with Crippen LogP contribution < -0.4 is 10.6 Å². The first kappa shape index (κ1) is 17.0. The fourth-order valence-electron chi connectivity index (χ4n) is 2.55. The number of likely N-dealkylation sites (tertiary alicyclic amines) is 1. The van der Waals surface area contributed by atoms with E-state index in [4.69, 9.17) is 0 Å². The fourth-order valence-corrected chi connectivity index (χ4v) is 2.55. The number of nitrogens with one attached hydrogen (secondary N) is 2. The van der Waals surface area contributed by atoms with Crippen LogP contribution >= 0.6 is 0 Å². The van der Waals surface area contributed by atoms with Gasteiger partial charge in [0.2, 0.25) is 11.8 Å². The van der Waals surface area contributed by atoms with Gasteiger partial charge in [-0.25, -0.2) is 0 Å². The lowest BCUT2D eigenvalue weighted by atomic mass is 9.92. The molecule has 0 aromatic rings. The van der Waals surface area contributed by atoms with Crippen molar-refractivity contribution in [2.45, 2.75) is 46.0 Å². The number of amides is 2. The predicted octanol–water partition coefficient (Wildman–Crippen LogP) is 1.14. The second-order valence-electron chi connectivity index (χ2n) is 5.59. The largest absolute Gasteiger partial charge is 0.355 e. The van der Waals surface area contributed by atoms with Gasteiger partial charge in [-0.1, -0.05) is 6.92 Å². The van der Waals surface area contributed by atoms with Crippen LogP contribution in [0.3, 0.4) is 0 Å². The number of hydrogen-bond acceptors (Lipinski definition) is 3. The Hall–Kier alpha value is -1.10. The SMILES string of the molecule is CCCNCCNC(=O)CCC1CCN(C(C)=O)CC1. The Morgan fingerprint density at radius 1 is 1.15 bits per heavy atom. The topological polar surface area (TPSA) is 61.4 Å². The van der Waals surface area contributed by atoms with Crippen molar-refractivity contribution in [2.24, 2.45) is 5.92 Å². The summed E-state index contributed by atoms with van der Waals surface area (Å²) in [6, 6.07) is 0. The van der Waals surface area contributed by atoms with Crippen molar-refractivity contribution >= 4 is 11.8 Å². The molecular formula is C15H29N3O2. The molecule has 0 spiro atoms. The average molecular weight is 283 g/mol. The zero-order chi connectivity index (χ0) is 14.8. The van der Waals surface area contributed by atoms with E-state index in [1.54, 1.807) is 6.92 Å². The number of carbonyl (C=O) groups is 2. The normalized spacial score (nSPS) is 16.2. The van der Waals surface area contributed by atoms with Crippen LogP contribution in [0.1, 0.15) is 46.0 Å². The monoisotopic (exact) mass is 283 g/mol. The van der Waals surface area contributed by atoms with Crippen molar-refractivity contribution in [1.82, 2.24) is 15.5 Å². The molecule has 2 N–H and O–H groups in total. The molecule has 1 saturated heterocycles. The number of piperidine rings is 1. The van der Waals surface area contributed by atoms with Gasteiger partial charge in [-0.15, -0.1) is 0 Å². The van der Waals surface area contributed by atoms with E-state index in [2.05, 4.69) is 17.6 Å². The minimum Gasteiger partial charge on any atom is -0.355 e. The third kappa shape index (κ3) is 6.89. The van der Waals surface area contributed by atoms with Gasteiger partial charge in [0.15, 0.2) is 0 Å². The summed E-state index contributed by atoms with van der Waals surface area (Å²) in [5, 5.41) is 6.20. The first-order valence-electron chi connectivity index (χ1n) is 7.86. The Morgan fingerprint density at radius 2 is 1.85 bits per heavy atom. The van der Waals surface area contributed by atoms with Crippen molar-refractivity contribution in [1.29, 1.82) is 0 Å². The molecule has 1 rings (SSSR count). The molecule has 0 radical (unpaired) electrons. The molecule has 20 heavy (non-hydrogen) atoms. The van der Waals surface area contributed by atoms with Crippen LogP contribution in [-0.2, 0) is 9.59 Å². The number of rotatable bonds is 8. The van der Waals surface area contributed by atoms with Crippen molar-refractivity contribution in [3.63, 3.8) is 0 Å². The molecule has 0 atom stereocenters. The maximum Gasteiger partial charge on any atom is 0.220 e. The maximum atomic E-state index is 11.7. The lowest BCUT2D eigenvalue weighted by molar-refractivity contribution is -0.130. The molecule has 5 nitrogen and oxygen atoms in total. The molecule has 1 aliphatic heterocycles. The van der Waals surface area contributed by atoms with Gasteiger partial charge in [0.1, 0.15) is 0 Å². The quantitative estimate of drug-likeness (QED) is 0.657. The van der Waals surface area contributed by atoms with Gasteiger partial charge in [-0.2, -0.15) is 0 Å². The first-order valence-corrected chi connectivity index (χ1v) is 7.86. The predicted molar refractivity (Wildman–Crippen MR) is 80.4 cm³/mol. The molecule has 2 amide bonds. The third-order valence-electron chi connectivity index (χ3n) is 3.89. The molecule has 0 aromatic heterocycles. The van der Waals surface area contributed by atoms with Crippen molar-refractivity contribution in [2.75, 3.05) is 32.7 Å². The molecule has 0 bridgehead atoms. The summed E-state index contributed by atoms with van der Waals surface area (Å²) in [7, 11) is 0. The molecule has 5 heteroatoms. The number of nitrogens with zero attached hydrogens (tertiary/aromatic N) is 1. The summed E-state index contributed by atoms with van der Waals surface area (Å²) < 4.78 is 0. The van der Waals surface area contributed by atoms with E-state index in [-0.39, 0.29) is 11.8 Å². The smallest absolute Gasteiger partial charge is 0.220 e. The highest BCUT2D eigenvalue weighted by Crippen LogP contribution is 2.21. The lowest BCUT2D eigenvalue weighted by Crippen LogP contribution is -2.37. The number of carbonyl (C=O) groups excluding carboxylic acids is 2. The molecule has 1 aliphatic rings. The summed E-state index contributed by atoms with van der Waals surface area (Å²) >= 11 is 0. The summed E-state index contributed by atoms with van der Waals surface area (Å²) in [5.74, 6) is 0.910. The Kier molecular flexibility index (Phi) is 8.26. The Balaban J connectivity index is 2.03. The first-order chi connectivity index (χ1) is 9.63. The van der Waals surface area contributed by atoms with Gasteiger partial charge in [0.05, 0.1) is 0 Å². The molecule has 1 heterocycles. The Bertz CT molecular complexity index is 299. The molecule has 1 fully saturated rings. The van der Waals surface area contributed by atoms with E-state index in [9.17, 15) is 9.59 Å². The zero-order valence-corrected chi connectivity index (χ0v) is 12.9. The molecule has 0 aliphatic carbocycles. The maximum absolute atomic E-state index is 11.7. The van der Waals surface area contributed by atoms with E-state index in [1.165, 1.54) is 0 Å². The lowest BCUT2D eigenvalue weighted by Gasteiger charge is -2.31. The third-order valence-corrected chi connectivity index (χ3v) is 3.89. The van der Waals surface area contributed by atoms with Crippen LogP contribution in [0.4, 0.5) is 0 Å². The van der Waals surface area contributed by atoms with Crippen LogP contribution in [0.5, 0.6) is 0 Å². The highest BCUT2D eigenvalue weighted by atomic mass is 16.2. The van der Waals surface area contributed by atoms with E-state index in [0.717, 1.165) is 51.9 Å². The van der Waals surface area contributed by atoms with Gasteiger partial charge < -0.3 is 15.5 Å². The van der Waals surface area contributed by atoms with Crippen molar-refractivity contribution in [3.8, 4) is 0 Å². The van der Waals surface area contributed by atoms with Crippen molar-refractivity contribution < 1.29 is 9.59 Å². The molecule has 116 valence electrons. The van der Waals surface area contributed by atoms with E-state index < -0.39 is 0 Å². The van der Waals surface area contributed by atoms with Gasteiger partial charge in [0, 0.05) is 39.5 Å². The minimum atomic E-state index is 0.150. The highest BCUT2D eigenvalue weighted by Gasteiger charge is 2.20. The molecule has 0 aromatic carbocycles. The summed E-state index contributed by atoms with van der Waals surface area (Å²) in [6.07, 6.45) is 4.74. The average Bonchev–Trinajstić information content (AvgIpc) is 2.45. The Labute approximate surface area is 122 Å². The van der Waals surface area contributed by atoms with Gasteiger partial charge >= 0.3 is 0 Å². The van der Waals surface area contributed by atoms with Crippen LogP contribution in [0.15, 0.2) is 0 Å². The second-order valence-corrected chi connectivity index (χ2v) is 5.59. The molecular weight excluding hydrogens is 254 g/mol. The van der Waals surface area contributed by atoms with Crippen LogP contribution in [0.25, 0.3) is 0 Å². The zero-order valence-electron chi connectivity index (χ0n) is 12.9. The van der Waals surface area contributed by atoms with E-state index >= 15 is 0 Å². The van der Waals surface area contributed by atoms with Gasteiger partial charge in [-0.3, -0.25) is 9.59 Å². The molecule has 0 unspecified atom stereocenters. The fraction of sp³-hybridized carbons (Fsp3) is 0.867. The summed E-state index contributed by atoms with van der Waals surface area (Å²) in [6.45, 7) is 8.01. The van der Waals surface area contributed by atoms with Gasteiger partial charge in [-0.05, 0) is 38.1 Å². The van der Waals surface area contributed by atoms with E-state index in [1.807, 2.05) is 4.90 Å². The summed E-state index contributed by atoms with van der Waals surface area (Å²) in [5.41, 5.74) is 0. The van der Waals surface area contributed by atoms with Crippen LogP contribution in [0, 0.1) is 5.92 Å². The van der Waals surface area contributed by atoms with Crippen LogP contribution in [-0.4, -0.2) is 49.4 Å². The Morgan fingerprint density at radius 3 is 2.45 bits per heavy atom. The standard InChI is InChI=1S/C15H29N3O2/c1-3-8-16-9-10-17-15(20)5-4-14-6-11-18(12-7-14)13(2)19/h14,16H,3-12H2,1-2H3,(H,17,20). The van der Waals surface area contributed by atoms with Crippen LogP contribution in [0.2, 0.25) is 0 Å². The highest BCUT2D eigenvalue weighted by molar-refractivity contribution is 5.75. The number of hydrogen-bond donors (Lipinski definition) is 2. The molecule has 0 saturated carbocycles. The van der Waals surface area contributed by atoms with Crippen molar-refractivity contribution in [3.05, 3.63) is 0 Å². The van der Waals surface area contributed by atoms with E-state index in [0.29, 0.717) is 18.9 Å². The summed E-state index contributed by atoms with van der Waals surface area (Å²) in [4.78, 5) is 24.8. The minimum absolute atomic E-state index is 0.150. The van der Waals surface area contributed by atoms with Gasteiger partial charge in [0.25, 0.3) is 0 Å². The second kappa shape index (κ2) is 9.75.